The van der Waals surface area contributed by atoms with Crippen molar-refractivity contribution in [1.29, 1.82) is 0 Å². The zero-order chi connectivity index (χ0) is 59.9. The number of amides is 3. The molecule has 7 aliphatic rings. The Morgan fingerprint density at radius 3 is 1.11 bits per heavy atom. The van der Waals surface area contributed by atoms with Crippen molar-refractivity contribution in [1.82, 2.24) is 25.3 Å². The molecule has 83 heavy (non-hydrogen) atoms. The quantitative estimate of drug-likeness (QED) is 0.0470. The summed E-state index contributed by atoms with van der Waals surface area (Å²) in [5, 5.41) is 27.0. The molecule has 3 amide bonds. The van der Waals surface area contributed by atoms with E-state index >= 15 is 0 Å². The van der Waals surface area contributed by atoms with Gasteiger partial charge in [0.2, 0.25) is 17.7 Å². The van der Waals surface area contributed by atoms with Crippen molar-refractivity contribution in [2.75, 3.05) is 85.1 Å². The lowest BCUT2D eigenvalue weighted by atomic mass is 9.91. The first-order valence-electron chi connectivity index (χ1n) is 30.5. The van der Waals surface area contributed by atoms with Crippen molar-refractivity contribution in [3.63, 3.8) is 0 Å². The molecule has 0 aromatic heterocycles. The standard InChI is InChI=1S/2C15H22N2O2.C15H22N2O.C12H15N.C11H11Cl2N/c2*1-3-17(4-2)14(19)15(9-12(15)10-16)11-5-7-13(18)8-6-11;1-3-17(4-2)14(18)15(10-13(15)11-16)12-8-6-5-7-9-12;1-9-2-4-10(5-3-9)12-6-11(12)7-13-8-12;12-9-2-1-7(3-10(9)13)11-4-8(11)5-14-6-11/h2*5-8,12,18H,3-4,9-10,16H2,1-2H3;5-9,13H,3-4,10-11,16H2,1-2H3;2-5,11,13H,6-8H2,1H3;1-3,8,14H,4-6H2/t12-,15+;12-,15-;13-,15+;;/m111../s1. The van der Waals surface area contributed by atoms with Gasteiger partial charge in [0.1, 0.15) is 11.5 Å². The van der Waals surface area contributed by atoms with Gasteiger partial charge in [0.25, 0.3) is 0 Å². The Labute approximate surface area is 504 Å². The average molecular weight is 1170 g/mol. The van der Waals surface area contributed by atoms with Crippen LogP contribution in [0.1, 0.15) is 107 Å². The number of aromatic hydroxyl groups is 2. The third-order valence-electron chi connectivity index (χ3n) is 19.8. The fourth-order valence-corrected chi connectivity index (χ4v) is 14.3. The molecule has 5 saturated carbocycles. The number of phenols is 2. The van der Waals surface area contributed by atoms with E-state index < -0.39 is 10.8 Å². The minimum Gasteiger partial charge on any atom is -0.508 e. The smallest absolute Gasteiger partial charge is 0.233 e. The van der Waals surface area contributed by atoms with Crippen LogP contribution in [-0.4, -0.2) is 128 Å². The van der Waals surface area contributed by atoms with Gasteiger partial charge in [-0.1, -0.05) is 114 Å². The van der Waals surface area contributed by atoms with Crippen molar-refractivity contribution < 1.29 is 24.6 Å². The second-order valence-corrected chi connectivity index (χ2v) is 24.9. The summed E-state index contributed by atoms with van der Waals surface area (Å²) in [6, 6.07) is 39.1. The number of hydrogen-bond donors (Lipinski definition) is 7. The number of rotatable bonds is 17. The van der Waals surface area contributed by atoms with Crippen molar-refractivity contribution in [2.45, 2.75) is 108 Å². The number of fused-ring (bicyclic) bond motifs is 2. The van der Waals surface area contributed by atoms with Crippen LogP contribution in [0.15, 0.2) is 121 Å². The average Bonchev–Trinajstić information content (AvgIpc) is 4.15. The number of likely N-dealkylation sites (N-methyl/N-ethyl adjacent to an activating group) is 3. The zero-order valence-electron chi connectivity index (χ0n) is 50.1. The lowest BCUT2D eigenvalue weighted by molar-refractivity contribution is -0.134. The molecule has 0 spiro atoms. The fraction of sp³-hybridized carbons (Fsp3) is 0.515. The molecule has 10 atom stereocenters. The second-order valence-electron chi connectivity index (χ2n) is 24.1. The largest absolute Gasteiger partial charge is 0.508 e. The maximum absolute atomic E-state index is 12.8. The van der Waals surface area contributed by atoms with Crippen LogP contribution in [-0.2, 0) is 41.5 Å². The summed E-state index contributed by atoms with van der Waals surface area (Å²) in [6.07, 6.45) is 5.22. The molecule has 2 heterocycles. The van der Waals surface area contributed by atoms with Gasteiger partial charge in [-0.25, -0.2) is 0 Å². The van der Waals surface area contributed by atoms with E-state index in [2.05, 4.69) is 60.0 Å². The normalized spacial score (nSPS) is 28.5. The minimum absolute atomic E-state index is 0.165. The highest BCUT2D eigenvalue weighted by Gasteiger charge is 2.63. The highest BCUT2D eigenvalue weighted by Crippen LogP contribution is 2.59. The van der Waals surface area contributed by atoms with Crippen LogP contribution in [0.25, 0.3) is 0 Å². The molecule has 0 bridgehead atoms. The Bertz CT molecular complexity index is 2890. The Morgan fingerprint density at radius 2 is 0.807 bits per heavy atom. The summed E-state index contributed by atoms with van der Waals surface area (Å²) in [5.74, 6) is 3.49. The first-order chi connectivity index (χ1) is 39.9. The number of benzene rings is 5. The molecule has 448 valence electrons. The first-order valence-corrected chi connectivity index (χ1v) is 31.3. The van der Waals surface area contributed by atoms with Crippen LogP contribution in [0.3, 0.4) is 0 Å². The number of nitrogens with one attached hydrogen (secondary N) is 2. The number of piperidine rings is 2. The molecule has 5 aromatic rings. The van der Waals surface area contributed by atoms with E-state index in [1.807, 2.05) is 111 Å². The molecule has 2 aliphatic heterocycles. The number of nitrogens with two attached hydrogens (primary N) is 3. The monoisotopic (exact) mass is 1170 g/mol. The van der Waals surface area contributed by atoms with Gasteiger partial charge in [-0.15, -0.1) is 0 Å². The maximum atomic E-state index is 12.8. The summed E-state index contributed by atoms with van der Waals surface area (Å²) < 4.78 is 0. The molecule has 5 aromatic carbocycles. The zero-order valence-corrected chi connectivity index (χ0v) is 51.6. The molecular weight excluding hydrogens is 1080 g/mol. The van der Waals surface area contributed by atoms with Gasteiger partial charge in [0.05, 0.1) is 26.3 Å². The Morgan fingerprint density at radius 1 is 0.470 bits per heavy atom. The van der Waals surface area contributed by atoms with Crippen LogP contribution in [0.2, 0.25) is 10.0 Å². The molecule has 2 saturated heterocycles. The molecule has 10 N–H and O–H groups in total. The van der Waals surface area contributed by atoms with Crippen LogP contribution in [0.5, 0.6) is 11.5 Å². The number of hydrogen-bond acceptors (Lipinski definition) is 10. The van der Waals surface area contributed by atoms with Crippen LogP contribution < -0.4 is 27.8 Å². The van der Waals surface area contributed by atoms with Crippen LogP contribution in [0.4, 0.5) is 0 Å². The van der Waals surface area contributed by atoms with E-state index in [0.29, 0.717) is 72.6 Å². The van der Waals surface area contributed by atoms with Crippen LogP contribution in [0, 0.1) is 36.5 Å². The maximum Gasteiger partial charge on any atom is 0.233 e. The van der Waals surface area contributed by atoms with Gasteiger partial charge in [-0.3, -0.25) is 14.4 Å². The van der Waals surface area contributed by atoms with Crippen molar-refractivity contribution >= 4 is 40.9 Å². The molecule has 4 unspecified atom stereocenters. The second kappa shape index (κ2) is 26.8. The number of carbonyl (C=O) groups is 3. The number of nitrogens with zero attached hydrogens (tertiary/aromatic N) is 3. The number of carbonyl (C=O) groups excluding carboxylic acids is 3. The summed E-state index contributed by atoms with van der Waals surface area (Å²) in [6.45, 7) is 24.9. The molecule has 7 fully saturated rings. The van der Waals surface area contributed by atoms with Gasteiger partial charge in [-0.2, -0.15) is 0 Å². The topological polar surface area (TPSA) is 204 Å². The van der Waals surface area contributed by atoms with Crippen molar-refractivity contribution in [3.05, 3.63) is 165 Å². The third kappa shape index (κ3) is 12.7. The minimum atomic E-state index is -0.464. The number of halogens is 2. The predicted molar refractivity (Wildman–Crippen MR) is 336 cm³/mol. The Balaban J connectivity index is 0.000000136. The van der Waals surface area contributed by atoms with Crippen LogP contribution >= 0.6 is 23.2 Å². The predicted octanol–water partition coefficient (Wildman–Crippen LogP) is 9.44. The van der Waals surface area contributed by atoms with E-state index in [0.717, 1.165) is 74.0 Å². The first kappa shape index (κ1) is 63.5. The molecule has 5 aliphatic carbocycles. The molecular formula is C68H92Cl2N8O5. The van der Waals surface area contributed by atoms with Gasteiger partial charge in [0.15, 0.2) is 0 Å². The van der Waals surface area contributed by atoms with E-state index in [1.54, 1.807) is 29.8 Å². The van der Waals surface area contributed by atoms with E-state index in [-0.39, 0.29) is 46.5 Å². The Kier molecular flexibility index (Phi) is 20.5. The molecule has 15 heteroatoms. The SMILES string of the molecule is CCN(CC)C(=O)[C@@]1(c2ccc(O)cc2)C[C@@H]1CN.CCN(CC)C(=O)[C@]1(c2ccc(O)cc2)C[C@@H]1CN.CCN(CC)C(=O)[C@]1(c2ccccc2)C[C@@H]1CN.Cc1ccc(C23CNCC2C3)cc1.Clc1ccc(C23CNCC2C3)cc1Cl. The van der Waals surface area contributed by atoms with Gasteiger partial charge < -0.3 is 52.7 Å². The van der Waals surface area contributed by atoms with Crippen molar-refractivity contribution in [3.8, 4) is 11.5 Å². The fourth-order valence-electron chi connectivity index (χ4n) is 14.0. The van der Waals surface area contributed by atoms with Gasteiger partial charge in [-0.05, 0) is 207 Å². The lowest BCUT2D eigenvalue weighted by Crippen LogP contribution is -2.40. The van der Waals surface area contributed by atoms with Crippen molar-refractivity contribution in [2.24, 2.45) is 46.8 Å². The van der Waals surface area contributed by atoms with E-state index in [4.69, 9.17) is 40.4 Å². The highest BCUT2D eigenvalue weighted by atomic mass is 35.5. The lowest BCUT2D eigenvalue weighted by Gasteiger charge is -2.26. The van der Waals surface area contributed by atoms with Gasteiger partial charge in [0, 0.05) is 63.2 Å². The molecule has 12 rings (SSSR count). The summed E-state index contributed by atoms with van der Waals surface area (Å²) >= 11 is 11.9. The molecule has 0 radical (unpaired) electrons. The number of phenolic OH excluding ortho intramolecular Hbond substituents is 2. The van der Waals surface area contributed by atoms with E-state index in [9.17, 15) is 24.6 Å². The molecule has 13 nitrogen and oxygen atoms in total. The van der Waals surface area contributed by atoms with Gasteiger partial charge >= 0.3 is 0 Å². The number of aryl methyl sites for hydroxylation is 1. The Hall–Kier alpha value is -5.51. The summed E-state index contributed by atoms with van der Waals surface area (Å²) in [5.41, 5.74) is 24.3. The summed E-state index contributed by atoms with van der Waals surface area (Å²) in [4.78, 5) is 43.9. The third-order valence-corrected chi connectivity index (χ3v) is 20.5. The summed E-state index contributed by atoms with van der Waals surface area (Å²) in [7, 11) is 0. The van der Waals surface area contributed by atoms with E-state index in [1.165, 1.54) is 37.1 Å². The highest BCUT2D eigenvalue weighted by molar-refractivity contribution is 6.42.